The summed E-state index contributed by atoms with van der Waals surface area (Å²) in [4.78, 5) is 0. The molecule has 0 aromatic carbocycles. The Morgan fingerprint density at radius 1 is 1.33 bits per heavy atom. The van der Waals surface area contributed by atoms with E-state index in [9.17, 15) is 0 Å². The lowest BCUT2D eigenvalue weighted by Crippen LogP contribution is -2.23. The van der Waals surface area contributed by atoms with Crippen LogP contribution in [0.1, 0.15) is 45.4 Å². The SMILES string of the molecule is C=C(CCN)C1(C)CCCCC1. The van der Waals surface area contributed by atoms with Crippen molar-refractivity contribution in [2.75, 3.05) is 6.54 Å². The molecular formula is C11H21N. The average molecular weight is 167 g/mol. The summed E-state index contributed by atoms with van der Waals surface area (Å²) < 4.78 is 0. The smallest absolute Gasteiger partial charge is 0.00398 e. The van der Waals surface area contributed by atoms with Crippen molar-refractivity contribution in [3.8, 4) is 0 Å². The van der Waals surface area contributed by atoms with Gasteiger partial charge in [0, 0.05) is 0 Å². The lowest BCUT2D eigenvalue weighted by Gasteiger charge is -2.35. The lowest BCUT2D eigenvalue weighted by molar-refractivity contribution is 0.261. The maximum Gasteiger partial charge on any atom is -0.00398 e. The average Bonchev–Trinajstić information content (AvgIpc) is 2.06. The van der Waals surface area contributed by atoms with Crippen LogP contribution in [0.15, 0.2) is 12.2 Å². The van der Waals surface area contributed by atoms with Crippen LogP contribution in [-0.2, 0) is 0 Å². The third-order valence-electron chi connectivity index (χ3n) is 3.26. The fourth-order valence-electron chi connectivity index (χ4n) is 2.16. The highest BCUT2D eigenvalue weighted by atomic mass is 14.5. The molecule has 0 radical (unpaired) electrons. The molecule has 2 N–H and O–H groups in total. The highest BCUT2D eigenvalue weighted by Gasteiger charge is 2.28. The number of hydrogen-bond acceptors (Lipinski definition) is 1. The molecule has 0 saturated heterocycles. The first kappa shape index (κ1) is 9.79. The Hall–Kier alpha value is -0.300. The first-order valence-corrected chi connectivity index (χ1v) is 5.07. The number of hydrogen-bond donors (Lipinski definition) is 1. The van der Waals surface area contributed by atoms with E-state index >= 15 is 0 Å². The molecule has 0 unspecified atom stereocenters. The zero-order valence-corrected chi connectivity index (χ0v) is 8.23. The Morgan fingerprint density at radius 3 is 2.42 bits per heavy atom. The van der Waals surface area contributed by atoms with Crippen molar-refractivity contribution < 1.29 is 0 Å². The van der Waals surface area contributed by atoms with Gasteiger partial charge in [-0.2, -0.15) is 0 Å². The van der Waals surface area contributed by atoms with Gasteiger partial charge >= 0.3 is 0 Å². The van der Waals surface area contributed by atoms with Gasteiger partial charge in [-0.1, -0.05) is 38.3 Å². The quantitative estimate of drug-likeness (QED) is 0.643. The fourth-order valence-corrected chi connectivity index (χ4v) is 2.16. The molecule has 1 nitrogen and oxygen atoms in total. The van der Waals surface area contributed by atoms with Crippen molar-refractivity contribution in [1.82, 2.24) is 0 Å². The van der Waals surface area contributed by atoms with Gasteiger partial charge in [0.05, 0.1) is 0 Å². The maximum atomic E-state index is 5.53. The Balaban J connectivity index is 2.50. The van der Waals surface area contributed by atoms with Crippen molar-refractivity contribution in [1.29, 1.82) is 0 Å². The third kappa shape index (κ3) is 2.10. The molecule has 0 heterocycles. The summed E-state index contributed by atoms with van der Waals surface area (Å²) in [5.74, 6) is 0. The second-order valence-corrected chi connectivity index (χ2v) is 4.26. The molecule has 0 aromatic heterocycles. The van der Waals surface area contributed by atoms with E-state index in [-0.39, 0.29) is 0 Å². The summed E-state index contributed by atoms with van der Waals surface area (Å²) in [5, 5.41) is 0. The zero-order chi connectivity index (χ0) is 9.03. The normalized spacial score (nSPS) is 22.2. The van der Waals surface area contributed by atoms with Gasteiger partial charge in [0.2, 0.25) is 0 Å². The largest absolute Gasteiger partial charge is 0.330 e. The standard InChI is InChI=1S/C11H21N/c1-10(6-9-12)11(2)7-4-3-5-8-11/h1,3-9,12H2,2H3. The summed E-state index contributed by atoms with van der Waals surface area (Å²) >= 11 is 0. The summed E-state index contributed by atoms with van der Waals surface area (Å²) in [7, 11) is 0. The predicted molar refractivity (Wildman–Crippen MR) is 54.0 cm³/mol. The van der Waals surface area contributed by atoms with Crippen LogP contribution in [-0.4, -0.2) is 6.54 Å². The maximum absolute atomic E-state index is 5.53. The second kappa shape index (κ2) is 4.08. The Kier molecular flexibility index (Phi) is 3.33. The van der Waals surface area contributed by atoms with Crippen LogP contribution in [0.5, 0.6) is 0 Å². The second-order valence-electron chi connectivity index (χ2n) is 4.26. The number of nitrogens with two attached hydrogens (primary N) is 1. The van der Waals surface area contributed by atoms with E-state index in [1.54, 1.807) is 0 Å². The van der Waals surface area contributed by atoms with Gasteiger partial charge in [0.1, 0.15) is 0 Å². The lowest BCUT2D eigenvalue weighted by atomic mass is 9.70. The highest BCUT2D eigenvalue weighted by Crippen LogP contribution is 2.42. The molecule has 0 spiro atoms. The Morgan fingerprint density at radius 2 is 1.92 bits per heavy atom. The van der Waals surface area contributed by atoms with Crippen LogP contribution < -0.4 is 5.73 Å². The van der Waals surface area contributed by atoms with E-state index in [2.05, 4.69) is 13.5 Å². The van der Waals surface area contributed by atoms with E-state index < -0.39 is 0 Å². The van der Waals surface area contributed by atoms with Gasteiger partial charge in [0.25, 0.3) is 0 Å². The first-order chi connectivity index (χ1) is 5.69. The summed E-state index contributed by atoms with van der Waals surface area (Å²) in [6.07, 6.45) is 7.82. The minimum Gasteiger partial charge on any atom is -0.330 e. The van der Waals surface area contributed by atoms with E-state index in [0.717, 1.165) is 13.0 Å². The molecule has 1 heteroatoms. The molecule has 1 aliphatic rings. The van der Waals surface area contributed by atoms with Crippen LogP contribution in [0.2, 0.25) is 0 Å². The van der Waals surface area contributed by atoms with Crippen LogP contribution >= 0.6 is 0 Å². The fraction of sp³-hybridized carbons (Fsp3) is 0.818. The number of rotatable bonds is 3. The molecule has 1 rings (SSSR count). The minimum absolute atomic E-state index is 0.414. The van der Waals surface area contributed by atoms with Gasteiger partial charge in [-0.05, 0) is 31.2 Å². The van der Waals surface area contributed by atoms with Crippen molar-refractivity contribution in [3.05, 3.63) is 12.2 Å². The molecule has 0 atom stereocenters. The molecule has 0 aliphatic heterocycles. The topological polar surface area (TPSA) is 26.0 Å². The minimum atomic E-state index is 0.414. The molecular weight excluding hydrogens is 146 g/mol. The molecule has 12 heavy (non-hydrogen) atoms. The van der Waals surface area contributed by atoms with Crippen LogP contribution in [0.25, 0.3) is 0 Å². The van der Waals surface area contributed by atoms with E-state index in [4.69, 9.17) is 5.73 Å². The van der Waals surface area contributed by atoms with Crippen LogP contribution in [0.4, 0.5) is 0 Å². The zero-order valence-electron chi connectivity index (χ0n) is 8.23. The first-order valence-electron chi connectivity index (χ1n) is 5.07. The molecule has 1 aliphatic carbocycles. The van der Waals surface area contributed by atoms with Crippen LogP contribution in [0, 0.1) is 5.41 Å². The monoisotopic (exact) mass is 167 g/mol. The summed E-state index contributed by atoms with van der Waals surface area (Å²) in [5.41, 5.74) is 7.33. The van der Waals surface area contributed by atoms with Crippen LogP contribution in [0.3, 0.4) is 0 Å². The van der Waals surface area contributed by atoms with E-state index in [1.807, 2.05) is 0 Å². The van der Waals surface area contributed by atoms with E-state index in [0.29, 0.717) is 5.41 Å². The predicted octanol–water partition coefficient (Wildman–Crippen LogP) is 2.86. The molecule has 1 saturated carbocycles. The van der Waals surface area contributed by atoms with Gasteiger partial charge in [0.15, 0.2) is 0 Å². The molecule has 0 aromatic rings. The van der Waals surface area contributed by atoms with Crippen molar-refractivity contribution in [2.24, 2.45) is 11.1 Å². The summed E-state index contributed by atoms with van der Waals surface area (Å²) in [6.45, 7) is 7.27. The van der Waals surface area contributed by atoms with Crippen molar-refractivity contribution >= 4 is 0 Å². The molecule has 70 valence electrons. The molecule has 1 fully saturated rings. The Labute approximate surface area is 76.0 Å². The van der Waals surface area contributed by atoms with Gasteiger partial charge < -0.3 is 5.73 Å². The van der Waals surface area contributed by atoms with Crippen molar-refractivity contribution in [3.63, 3.8) is 0 Å². The summed E-state index contributed by atoms with van der Waals surface area (Å²) in [6, 6.07) is 0. The third-order valence-corrected chi connectivity index (χ3v) is 3.26. The Bertz CT molecular complexity index is 154. The molecule has 0 amide bonds. The van der Waals surface area contributed by atoms with E-state index in [1.165, 1.54) is 37.7 Å². The molecule has 0 bridgehead atoms. The van der Waals surface area contributed by atoms with Gasteiger partial charge in [-0.15, -0.1) is 0 Å². The highest BCUT2D eigenvalue weighted by molar-refractivity contribution is 5.09. The van der Waals surface area contributed by atoms with Gasteiger partial charge in [-0.25, -0.2) is 0 Å². The van der Waals surface area contributed by atoms with Crippen molar-refractivity contribution in [2.45, 2.75) is 45.4 Å². The van der Waals surface area contributed by atoms with Gasteiger partial charge in [-0.3, -0.25) is 0 Å².